The van der Waals surface area contributed by atoms with Crippen molar-refractivity contribution in [3.05, 3.63) is 33.8 Å². The molecule has 0 spiro atoms. The van der Waals surface area contributed by atoms with Crippen molar-refractivity contribution in [3.8, 4) is 0 Å². The Bertz CT molecular complexity index is 381. The molecule has 0 bridgehead atoms. The van der Waals surface area contributed by atoms with Crippen LogP contribution in [0.1, 0.15) is 11.6 Å². The van der Waals surface area contributed by atoms with Crippen LogP contribution in [0.2, 0.25) is 10.0 Å². The van der Waals surface area contributed by atoms with Crippen LogP contribution in [-0.4, -0.2) is 36.0 Å². The van der Waals surface area contributed by atoms with Crippen molar-refractivity contribution in [2.45, 2.75) is 6.04 Å². The molecule has 0 amide bonds. The highest BCUT2D eigenvalue weighted by Crippen LogP contribution is 2.33. The molecule has 1 aliphatic heterocycles. The third-order valence-corrected chi connectivity index (χ3v) is 4.83. The Morgan fingerprint density at radius 1 is 1.29 bits per heavy atom. The van der Waals surface area contributed by atoms with Crippen LogP contribution in [0.3, 0.4) is 0 Å². The molecule has 1 aromatic rings. The van der Waals surface area contributed by atoms with E-state index in [0.29, 0.717) is 16.6 Å². The van der Waals surface area contributed by atoms with Crippen LogP contribution in [0, 0.1) is 0 Å². The lowest BCUT2D eigenvalue weighted by molar-refractivity contribution is 0.223. The van der Waals surface area contributed by atoms with E-state index in [2.05, 4.69) is 4.90 Å². The molecule has 1 aromatic carbocycles. The molecular formula is C12H16Cl2N2S. The monoisotopic (exact) mass is 290 g/mol. The van der Waals surface area contributed by atoms with Crippen LogP contribution < -0.4 is 5.73 Å². The van der Waals surface area contributed by atoms with Gasteiger partial charge in [-0.25, -0.2) is 0 Å². The predicted molar refractivity (Wildman–Crippen MR) is 77.2 cm³/mol. The summed E-state index contributed by atoms with van der Waals surface area (Å²) in [6.45, 7) is 2.70. The molecule has 1 fully saturated rings. The van der Waals surface area contributed by atoms with E-state index in [-0.39, 0.29) is 6.04 Å². The zero-order chi connectivity index (χ0) is 12.3. The summed E-state index contributed by atoms with van der Waals surface area (Å²) in [5.74, 6) is 2.32. The summed E-state index contributed by atoms with van der Waals surface area (Å²) in [5.41, 5.74) is 6.95. The van der Waals surface area contributed by atoms with Crippen molar-refractivity contribution in [1.82, 2.24) is 4.90 Å². The van der Waals surface area contributed by atoms with Crippen LogP contribution in [0.15, 0.2) is 18.2 Å². The first-order valence-electron chi connectivity index (χ1n) is 5.70. The highest BCUT2D eigenvalue weighted by atomic mass is 35.5. The Labute approximate surface area is 116 Å². The first kappa shape index (κ1) is 13.5. The van der Waals surface area contributed by atoms with E-state index < -0.39 is 0 Å². The molecule has 2 N–H and O–H groups in total. The van der Waals surface area contributed by atoms with Crippen molar-refractivity contribution < 1.29 is 0 Å². The molecule has 0 aromatic heterocycles. The number of nitrogens with two attached hydrogens (primary N) is 1. The van der Waals surface area contributed by atoms with Crippen molar-refractivity contribution in [1.29, 1.82) is 0 Å². The molecule has 0 radical (unpaired) electrons. The Morgan fingerprint density at radius 2 is 2.00 bits per heavy atom. The van der Waals surface area contributed by atoms with Gasteiger partial charge in [-0.3, -0.25) is 4.90 Å². The fraction of sp³-hybridized carbons (Fsp3) is 0.500. The first-order chi connectivity index (χ1) is 8.24. The largest absolute Gasteiger partial charge is 0.329 e. The minimum atomic E-state index is 0.182. The minimum Gasteiger partial charge on any atom is -0.329 e. The summed E-state index contributed by atoms with van der Waals surface area (Å²) >= 11 is 14.3. The Kier molecular flexibility index (Phi) is 5.00. The molecule has 0 saturated carbocycles. The van der Waals surface area contributed by atoms with E-state index in [1.54, 1.807) is 0 Å². The maximum absolute atomic E-state index is 6.27. The van der Waals surface area contributed by atoms with Gasteiger partial charge in [0, 0.05) is 37.2 Å². The Hall–Kier alpha value is 0.0700. The molecule has 1 aliphatic rings. The van der Waals surface area contributed by atoms with Crippen LogP contribution in [-0.2, 0) is 0 Å². The van der Waals surface area contributed by atoms with E-state index in [1.807, 2.05) is 30.0 Å². The van der Waals surface area contributed by atoms with Gasteiger partial charge in [-0.1, -0.05) is 35.3 Å². The van der Waals surface area contributed by atoms with Gasteiger partial charge in [-0.05, 0) is 11.6 Å². The molecule has 1 atom stereocenters. The summed E-state index contributed by atoms with van der Waals surface area (Å²) in [4.78, 5) is 2.40. The van der Waals surface area contributed by atoms with Crippen molar-refractivity contribution in [2.75, 3.05) is 31.1 Å². The molecule has 17 heavy (non-hydrogen) atoms. The number of hydrogen-bond donors (Lipinski definition) is 1. The lowest BCUT2D eigenvalue weighted by Crippen LogP contribution is -2.39. The second-order valence-corrected chi connectivity index (χ2v) is 6.05. The molecule has 1 unspecified atom stereocenters. The summed E-state index contributed by atoms with van der Waals surface area (Å²) in [6, 6.07) is 5.95. The fourth-order valence-electron chi connectivity index (χ4n) is 2.14. The molecular weight excluding hydrogens is 275 g/mol. The first-order valence-corrected chi connectivity index (χ1v) is 7.61. The average molecular weight is 291 g/mol. The van der Waals surface area contributed by atoms with E-state index in [9.17, 15) is 0 Å². The summed E-state index contributed by atoms with van der Waals surface area (Å²) in [5, 5.41) is 1.25. The summed E-state index contributed by atoms with van der Waals surface area (Å²) < 4.78 is 0. The highest BCUT2D eigenvalue weighted by molar-refractivity contribution is 7.99. The SMILES string of the molecule is NCC(c1cccc(Cl)c1Cl)N1CCSCC1. The zero-order valence-corrected chi connectivity index (χ0v) is 11.9. The number of halogens is 2. The van der Waals surface area contributed by atoms with Gasteiger partial charge in [0.15, 0.2) is 0 Å². The van der Waals surface area contributed by atoms with Gasteiger partial charge in [-0.15, -0.1) is 0 Å². The number of rotatable bonds is 3. The molecule has 0 aliphatic carbocycles. The quantitative estimate of drug-likeness (QED) is 0.928. The second-order valence-electron chi connectivity index (χ2n) is 4.04. The van der Waals surface area contributed by atoms with Crippen molar-refractivity contribution >= 4 is 35.0 Å². The number of nitrogens with zero attached hydrogens (tertiary/aromatic N) is 1. The van der Waals surface area contributed by atoms with E-state index in [1.165, 1.54) is 0 Å². The molecule has 1 heterocycles. The van der Waals surface area contributed by atoms with Crippen LogP contribution >= 0.6 is 35.0 Å². The maximum atomic E-state index is 6.27. The van der Waals surface area contributed by atoms with Crippen molar-refractivity contribution in [2.24, 2.45) is 5.73 Å². The molecule has 1 saturated heterocycles. The van der Waals surface area contributed by atoms with E-state index in [4.69, 9.17) is 28.9 Å². The molecule has 2 rings (SSSR count). The number of benzene rings is 1. The van der Waals surface area contributed by atoms with Gasteiger partial charge in [0.05, 0.1) is 10.0 Å². The standard InChI is InChI=1S/C12H16Cl2N2S/c13-10-3-1-2-9(12(10)14)11(8-15)16-4-6-17-7-5-16/h1-3,11H,4-8,15H2. The Morgan fingerprint density at radius 3 is 2.65 bits per heavy atom. The van der Waals surface area contributed by atoms with Gasteiger partial charge in [-0.2, -0.15) is 11.8 Å². The van der Waals surface area contributed by atoms with Gasteiger partial charge < -0.3 is 5.73 Å². The molecule has 5 heteroatoms. The summed E-state index contributed by atoms with van der Waals surface area (Å²) in [7, 11) is 0. The van der Waals surface area contributed by atoms with E-state index >= 15 is 0 Å². The van der Waals surface area contributed by atoms with Gasteiger partial charge in [0.25, 0.3) is 0 Å². The molecule has 2 nitrogen and oxygen atoms in total. The highest BCUT2D eigenvalue weighted by Gasteiger charge is 2.23. The van der Waals surface area contributed by atoms with Crippen LogP contribution in [0.25, 0.3) is 0 Å². The zero-order valence-electron chi connectivity index (χ0n) is 9.53. The van der Waals surface area contributed by atoms with Crippen LogP contribution in [0.4, 0.5) is 0 Å². The minimum absolute atomic E-state index is 0.182. The maximum Gasteiger partial charge on any atom is 0.0640 e. The lowest BCUT2D eigenvalue weighted by Gasteiger charge is -2.34. The fourth-order valence-corrected chi connectivity index (χ4v) is 3.50. The van der Waals surface area contributed by atoms with Gasteiger partial charge >= 0.3 is 0 Å². The average Bonchev–Trinajstić information content (AvgIpc) is 2.37. The smallest absolute Gasteiger partial charge is 0.0640 e. The number of hydrogen-bond acceptors (Lipinski definition) is 3. The van der Waals surface area contributed by atoms with Gasteiger partial charge in [0.1, 0.15) is 0 Å². The lowest BCUT2D eigenvalue weighted by atomic mass is 10.1. The third kappa shape index (κ3) is 3.09. The van der Waals surface area contributed by atoms with Gasteiger partial charge in [0.2, 0.25) is 0 Å². The van der Waals surface area contributed by atoms with Crippen molar-refractivity contribution in [3.63, 3.8) is 0 Å². The van der Waals surface area contributed by atoms with Crippen LogP contribution in [0.5, 0.6) is 0 Å². The Balaban J connectivity index is 2.24. The topological polar surface area (TPSA) is 29.3 Å². The normalized spacial score (nSPS) is 19.2. The number of thioether (sulfide) groups is 1. The third-order valence-electron chi connectivity index (χ3n) is 3.05. The summed E-state index contributed by atoms with van der Waals surface area (Å²) in [6.07, 6.45) is 0. The predicted octanol–water partition coefficient (Wildman–Crippen LogP) is 3.04. The second kappa shape index (κ2) is 6.30. The van der Waals surface area contributed by atoms with E-state index in [0.717, 1.165) is 30.2 Å². The molecule has 94 valence electrons.